The number of rotatable bonds is 4. The van der Waals surface area contributed by atoms with Crippen LogP contribution in [0.5, 0.6) is 0 Å². The molecule has 12 heavy (non-hydrogen) atoms. The van der Waals surface area contributed by atoms with Crippen LogP contribution in [0.15, 0.2) is 0 Å². The molecule has 0 saturated heterocycles. The Morgan fingerprint density at radius 2 is 2.50 bits per heavy atom. The molecule has 0 fully saturated rings. The molecule has 63 valence electrons. The van der Waals surface area contributed by atoms with Crippen LogP contribution in [-0.2, 0) is 16.0 Å². The van der Waals surface area contributed by atoms with Crippen LogP contribution in [0.4, 0.5) is 5.13 Å². The zero-order valence-electron chi connectivity index (χ0n) is 5.90. The minimum atomic E-state index is -0.745. The van der Waals surface area contributed by atoms with Gasteiger partial charge in [0.1, 0.15) is 0 Å². The molecule has 1 aromatic heterocycles. The van der Waals surface area contributed by atoms with Gasteiger partial charge < -0.3 is 5.32 Å². The monoisotopic (exact) mass is 185 g/mol. The van der Waals surface area contributed by atoms with Gasteiger partial charge in [0.25, 0.3) is 0 Å². The lowest BCUT2D eigenvalue weighted by molar-refractivity contribution is -0.118. The summed E-state index contributed by atoms with van der Waals surface area (Å²) in [7, 11) is 0. The SMILES string of the molecule is [NH]C(=O)Cc1nsc(NC=O)n1. The molecule has 1 rings (SSSR count). The standard InChI is InChI=1S/C5H5N4O2S/c6-3(11)1-4-8-5(7-2-10)12-9-4/h2,6H,1H2,(H,7,8,9,10). The molecule has 7 heteroatoms. The van der Waals surface area contributed by atoms with Gasteiger partial charge in [-0.15, -0.1) is 0 Å². The van der Waals surface area contributed by atoms with Gasteiger partial charge in [0.05, 0.1) is 6.42 Å². The summed E-state index contributed by atoms with van der Waals surface area (Å²) >= 11 is 0.977. The van der Waals surface area contributed by atoms with Crippen LogP contribution in [0.2, 0.25) is 0 Å². The maximum atomic E-state index is 10.3. The van der Waals surface area contributed by atoms with Crippen molar-refractivity contribution in [2.75, 3.05) is 5.32 Å². The van der Waals surface area contributed by atoms with Crippen molar-refractivity contribution in [3.63, 3.8) is 0 Å². The van der Waals surface area contributed by atoms with Gasteiger partial charge in [-0.1, -0.05) is 0 Å². The Morgan fingerprint density at radius 3 is 3.08 bits per heavy atom. The van der Waals surface area contributed by atoms with Crippen LogP contribution in [0.25, 0.3) is 0 Å². The van der Waals surface area contributed by atoms with Crippen molar-refractivity contribution < 1.29 is 9.59 Å². The van der Waals surface area contributed by atoms with E-state index in [9.17, 15) is 9.59 Å². The van der Waals surface area contributed by atoms with Crippen LogP contribution >= 0.6 is 11.5 Å². The van der Waals surface area contributed by atoms with E-state index < -0.39 is 5.91 Å². The number of nitrogens with one attached hydrogen (secondary N) is 2. The molecule has 1 radical (unpaired) electrons. The van der Waals surface area contributed by atoms with Gasteiger partial charge in [-0.2, -0.15) is 4.37 Å². The lowest BCUT2D eigenvalue weighted by atomic mass is 10.4. The van der Waals surface area contributed by atoms with Gasteiger partial charge in [0.2, 0.25) is 17.4 Å². The quantitative estimate of drug-likeness (QED) is 0.637. The molecule has 0 aliphatic rings. The van der Waals surface area contributed by atoms with Crippen LogP contribution in [0.1, 0.15) is 5.82 Å². The van der Waals surface area contributed by atoms with E-state index in [1.807, 2.05) is 0 Å². The average molecular weight is 185 g/mol. The molecule has 0 aliphatic carbocycles. The van der Waals surface area contributed by atoms with Crippen molar-refractivity contribution in [3.8, 4) is 0 Å². The van der Waals surface area contributed by atoms with Crippen LogP contribution < -0.4 is 11.1 Å². The predicted molar refractivity (Wildman–Crippen MR) is 41.4 cm³/mol. The highest BCUT2D eigenvalue weighted by Gasteiger charge is 2.05. The minimum Gasteiger partial charge on any atom is -0.303 e. The molecule has 0 aromatic carbocycles. The summed E-state index contributed by atoms with van der Waals surface area (Å²) in [6, 6.07) is 0. The minimum absolute atomic E-state index is 0.114. The normalized spacial score (nSPS) is 9.33. The Labute approximate surface area is 72.0 Å². The summed E-state index contributed by atoms with van der Waals surface area (Å²) in [6.45, 7) is 0. The number of anilines is 1. The number of aromatic nitrogens is 2. The molecular weight excluding hydrogens is 180 g/mol. The van der Waals surface area contributed by atoms with Crippen molar-refractivity contribution in [2.24, 2.45) is 0 Å². The topological polar surface area (TPSA) is 95.8 Å². The smallest absolute Gasteiger partial charge is 0.246 e. The second-order valence-corrected chi connectivity index (χ2v) is 2.63. The highest BCUT2D eigenvalue weighted by Crippen LogP contribution is 2.09. The first-order valence-corrected chi connectivity index (χ1v) is 3.77. The number of hydrogen-bond donors (Lipinski definition) is 1. The van der Waals surface area contributed by atoms with Gasteiger partial charge in [-0.25, -0.2) is 4.98 Å². The summed E-state index contributed by atoms with van der Waals surface area (Å²) < 4.78 is 3.74. The second-order valence-electron chi connectivity index (χ2n) is 1.88. The number of amides is 2. The molecule has 0 aliphatic heterocycles. The number of carbonyl (C=O) groups excluding carboxylic acids is 2. The molecule has 2 N–H and O–H groups in total. The molecule has 0 bridgehead atoms. The lowest BCUT2D eigenvalue weighted by Gasteiger charge is -1.85. The maximum absolute atomic E-state index is 10.3. The Kier molecular flexibility index (Phi) is 2.70. The van der Waals surface area contributed by atoms with Gasteiger partial charge in [0.15, 0.2) is 5.82 Å². The summed E-state index contributed by atoms with van der Waals surface area (Å²) in [5, 5.41) is 2.63. The molecule has 2 amide bonds. The molecule has 0 unspecified atom stereocenters. The van der Waals surface area contributed by atoms with Crippen molar-refractivity contribution >= 4 is 29.0 Å². The predicted octanol–water partition coefficient (Wildman–Crippen LogP) is -0.542. The Balaban J connectivity index is 2.63. The maximum Gasteiger partial charge on any atom is 0.246 e. The average Bonchev–Trinajstić information content (AvgIpc) is 2.36. The highest BCUT2D eigenvalue weighted by molar-refractivity contribution is 7.09. The summed E-state index contributed by atoms with van der Waals surface area (Å²) in [6.07, 6.45) is 0.365. The van der Waals surface area contributed by atoms with E-state index in [4.69, 9.17) is 5.73 Å². The molecule has 1 heterocycles. The fourth-order valence-electron chi connectivity index (χ4n) is 0.578. The molecular formula is C5H5N4O2S. The number of nitrogens with zero attached hydrogens (tertiary/aromatic N) is 2. The first-order chi connectivity index (χ1) is 5.72. The molecule has 0 spiro atoms. The van der Waals surface area contributed by atoms with E-state index in [0.29, 0.717) is 11.5 Å². The fraction of sp³-hybridized carbons (Fsp3) is 0.200. The molecule has 1 aromatic rings. The van der Waals surface area contributed by atoms with Gasteiger partial charge >= 0.3 is 0 Å². The van der Waals surface area contributed by atoms with Gasteiger partial charge in [-0.05, 0) is 0 Å². The largest absolute Gasteiger partial charge is 0.303 e. The van der Waals surface area contributed by atoms with E-state index in [1.165, 1.54) is 0 Å². The highest BCUT2D eigenvalue weighted by atomic mass is 32.1. The molecule has 0 saturated carbocycles. The second kappa shape index (κ2) is 3.77. The lowest BCUT2D eigenvalue weighted by Crippen LogP contribution is -2.04. The van der Waals surface area contributed by atoms with E-state index in [2.05, 4.69) is 14.7 Å². The van der Waals surface area contributed by atoms with Crippen LogP contribution in [-0.4, -0.2) is 21.7 Å². The van der Waals surface area contributed by atoms with Crippen molar-refractivity contribution in [1.82, 2.24) is 15.1 Å². The third-order valence-electron chi connectivity index (χ3n) is 0.969. The third kappa shape index (κ3) is 2.27. The third-order valence-corrected chi connectivity index (χ3v) is 1.65. The van der Waals surface area contributed by atoms with Crippen molar-refractivity contribution in [1.29, 1.82) is 0 Å². The first-order valence-electron chi connectivity index (χ1n) is 2.99. The van der Waals surface area contributed by atoms with Crippen LogP contribution in [0.3, 0.4) is 0 Å². The summed E-state index contributed by atoms with van der Waals surface area (Å²) in [4.78, 5) is 24.0. The van der Waals surface area contributed by atoms with E-state index in [-0.39, 0.29) is 12.2 Å². The van der Waals surface area contributed by atoms with Gasteiger partial charge in [0, 0.05) is 11.5 Å². The summed E-state index contributed by atoms with van der Waals surface area (Å²) in [5.74, 6) is -0.477. The van der Waals surface area contributed by atoms with E-state index in [1.54, 1.807) is 0 Å². The first kappa shape index (κ1) is 8.60. The number of hydrogen-bond acceptors (Lipinski definition) is 5. The van der Waals surface area contributed by atoms with Gasteiger partial charge in [-0.3, -0.25) is 15.3 Å². The van der Waals surface area contributed by atoms with Crippen molar-refractivity contribution in [2.45, 2.75) is 6.42 Å². The number of carbonyl (C=O) groups is 2. The van der Waals surface area contributed by atoms with E-state index >= 15 is 0 Å². The zero-order valence-corrected chi connectivity index (χ0v) is 6.72. The fourth-order valence-corrected chi connectivity index (χ4v) is 1.12. The Morgan fingerprint density at radius 1 is 1.75 bits per heavy atom. The molecule has 0 atom stereocenters. The summed E-state index contributed by atoms with van der Waals surface area (Å²) in [5.41, 5.74) is 6.62. The van der Waals surface area contributed by atoms with E-state index in [0.717, 1.165) is 11.5 Å². The Hall–Kier alpha value is -1.50. The Bertz CT molecular complexity index is 297. The molecule has 6 nitrogen and oxygen atoms in total. The zero-order chi connectivity index (χ0) is 8.97. The van der Waals surface area contributed by atoms with Crippen LogP contribution in [0, 0.1) is 0 Å². The van der Waals surface area contributed by atoms with Crippen molar-refractivity contribution in [3.05, 3.63) is 5.82 Å².